The predicted octanol–water partition coefficient (Wildman–Crippen LogP) is 4.72. The van der Waals surface area contributed by atoms with Gasteiger partial charge in [0.05, 0.1) is 24.0 Å². The molecule has 2 aliphatic rings. The van der Waals surface area contributed by atoms with Crippen LogP contribution in [0.4, 0.5) is 20.2 Å². The lowest BCUT2D eigenvalue weighted by Crippen LogP contribution is -2.38. The molecular formula is C24H25F2N3O3S. The van der Waals surface area contributed by atoms with Crippen LogP contribution in [0.25, 0.3) is 0 Å². The SMILES string of the molecule is Cc1ccc(N=C2SC(CC(=O)Nc3ccc(F)cc3F)C(=O)N2CC2CCCO2)c(C)c1. The summed E-state index contributed by atoms with van der Waals surface area (Å²) in [5.74, 6) is -2.36. The molecule has 0 saturated carbocycles. The molecule has 2 fully saturated rings. The zero-order chi connectivity index (χ0) is 23.5. The largest absolute Gasteiger partial charge is 0.376 e. The third-order valence-electron chi connectivity index (χ3n) is 5.57. The fraction of sp³-hybridized carbons (Fsp3) is 0.375. The summed E-state index contributed by atoms with van der Waals surface area (Å²) in [6.07, 6.45) is 1.58. The van der Waals surface area contributed by atoms with Crippen molar-refractivity contribution < 1.29 is 23.1 Å². The highest BCUT2D eigenvalue weighted by Gasteiger charge is 2.40. The van der Waals surface area contributed by atoms with E-state index in [4.69, 9.17) is 9.73 Å². The van der Waals surface area contributed by atoms with E-state index in [2.05, 4.69) is 5.32 Å². The summed E-state index contributed by atoms with van der Waals surface area (Å²) in [5.41, 5.74) is 2.73. The van der Waals surface area contributed by atoms with E-state index in [1.807, 2.05) is 32.0 Å². The van der Waals surface area contributed by atoms with Gasteiger partial charge in [-0.05, 0) is 50.5 Å². The van der Waals surface area contributed by atoms with E-state index in [1.54, 1.807) is 4.90 Å². The van der Waals surface area contributed by atoms with E-state index in [0.717, 1.165) is 41.8 Å². The van der Waals surface area contributed by atoms with Crippen LogP contribution in [0.5, 0.6) is 0 Å². The van der Waals surface area contributed by atoms with Gasteiger partial charge in [0, 0.05) is 19.1 Å². The molecule has 1 N–H and O–H groups in total. The summed E-state index contributed by atoms with van der Waals surface area (Å²) in [4.78, 5) is 32.1. The monoisotopic (exact) mass is 473 g/mol. The summed E-state index contributed by atoms with van der Waals surface area (Å²) in [7, 11) is 0. The zero-order valence-electron chi connectivity index (χ0n) is 18.4. The molecule has 6 nitrogen and oxygen atoms in total. The fourth-order valence-electron chi connectivity index (χ4n) is 3.88. The number of anilines is 1. The fourth-order valence-corrected chi connectivity index (χ4v) is 5.04. The van der Waals surface area contributed by atoms with Crippen molar-refractivity contribution in [2.45, 2.75) is 44.5 Å². The molecule has 0 aliphatic carbocycles. The van der Waals surface area contributed by atoms with Gasteiger partial charge in [0.1, 0.15) is 16.9 Å². The first-order valence-corrected chi connectivity index (χ1v) is 11.7. The van der Waals surface area contributed by atoms with E-state index in [1.165, 1.54) is 11.8 Å². The van der Waals surface area contributed by atoms with Crippen molar-refractivity contribution >= 4 is 40.1 Å². The van der Waals surface area contributed by atoms with Crippen molar-refractivity contribution in [3.63, 3.8) is 0 Å². The molecule has 0 radical (unpaired) electrons. The minimum absolute atomic E-state index is 0.0697. The normalized spacial score (nSPS) is 21.8. The van der Waals surface area contributed by atoms with Crippen LogP contribution in [0.2, 0.25) is 0 Å². The summed E-state index contributed by atoms with van der Waals surface area (Å²) < 4.78 is 32.7. The van der Waals surface area contributed by atoms with E-state index in [0.29, 0.717) is 24.4 Å². The highest BCUT2D eigenvalue weighted by molar-refractivity contribution is 8.15. The molecule has 2 amide bonds. The van der Waals surface area contributed by atoms with Crippen molar-refractivity contribution in [3.05, 3.63) is 59.2 Å². The van der Waals surface area contributed by atoms with Gasteiger partial charge in [-0.3, -0.25) is 14.5 Å². The molecule has 4 rings (SSSR count). The zero-order valence-corrected chi connectivity index (χ0v) is 19.3. The number of thioether (sulfide) groups is 1. The number of nitrogens with zero attached hydrogens (tertiary/aromatic N) is 2. The molecule has 33 heavy (non-hydrogen) atoms. The smallest absolute Gasteiger partial charge is 0.242 e. The molecule has 2 unspecified atom stereocenters. The number of nitrogens with one attached hydrogen (secondary N) is 1. The van der Waals surface area contributed by atoms with Gasteiger partial charge >= 0.3 is 0 Å². The molecule has 2 atom stereocenters. The maximum absolute atomic E-state index is 13.9. The number of halogens is 2. The highest BCUT2D eigenvalue weighted by atomic mass is 32.2. The second kappa shape index (κ2) is 10.0. The number of hydrogen-bond donors (Lipinski definition) is 1. The lowest BCUT2D eigenvalue weighted by molar-refractivity contribution is -0.129. The van der Waals surface area contributed by atoms with E-state index in [-0.39, 0.29) is 24.1 Å². The molecule has 174 valence electrons. The minimum atomic E-state index is -0.870. The molecular weight excluding hydrogens is 448 g/mol. The number of aryl methyl sites for hydroxylation is 2. The van der Waals surface area contributed by atoms with Crippen LogP contribution in [-0.2, 0) is 14.3 Å². The van der Waals surface area contributed by atoms with Crippen LogP contribution in [0.3, 0.4) is 0 Å². The number of amidine groups is 1. The molecule has 9 heteroatoms. The molecule has 0 bridgehead atoms. The number of aliphatic imine (C=N–C) groups is 1. The Balaban J connectivity index is 1.53. The van der Waals surface area contributed by atoms with Gasteiger partial charge < -0.3 is 10.1 Å². The quantitative estimate of drug-likeness (QED) is 0.659. The van der Waals surface area contributed by atoms with Crippen LogP contribution in [-0.4, -0.2) is 46.4 Å². The van der Waals surface area contributed by atoms with E-state index >= 15 is 0 Å². The van der Waals surface area contributed by atoms with Crippen molar-refractivity contribution in [3.8, 4) is 0 Å². The number of carbonyl (C=O) groups is 2. The highest BCUT2D eigenvalue weighted by Crippen LogP contribution is 2.34. The molecule has 2 aromatic carbocycles. The average molecular weight is 474 g/mol. The topological polar surface area (TPSA) is 71.0 Å². The first-order valence-electron chi connectivity index (χ1n) is 10.8. The summed E-state index contributed by atoms with van der Waals surface area (Å²) in [6.45, 7) is 5.00. The first-order chi connectivity index (χ1) is 15.8. The third-order valence-corrected chi connectivity index (χ3v) is 6.75. The van der Waals surface area contributed by atoms with Crippen molar-refractivity contribution in [2.75, 3.05) is 18.5 Å². The lowest BCUT2D eigenvalue weighted by Gasteiger charge is -2.20. The molecule has 0 spiro atoms. The van der Waals surface area contributed by atoms with Crippen LogP contribution in [0.1, 0.15) is 30.4 Å². The average Bonchev–Trinajstić information content (AvgIpc) is 3.36. The van der Waals surface area contributed by atoms with Crippen LogP contribution < -0.4 is 5.32 Å². The third kappa shape index (κ3) is 5.59. The molecule has 0 aromatic heterocycles. The van der Waals surface area contributed by atoms with Crippen molar-refractivity contribution in [1.82, 2.24) is 4.90 Å². The summed E-state index contributed by atoms with van der Waals surface area (Å²) >= 11 is 1.22. The number of ether oxygens (including phenoxy) is 1. The number of rotatable bonds is 6. The number of carbonyl (C=O) groups excluding carboxylic acids is 2. The van der Waals surface area contributed by atoms with E-state index in [9.17, 15) is 18.4 Å². The Bertz CT molecular complexity index is 1100. The standard InChI is InChI=1S/C24H25F2N3O3S/c1-14-5-7-19(15(2)10-14)28-24-29(13-17-4-3-9-32-17)23(31)21(33-24)12-22(30)27-20-8-6-16(25)11-18(20)26/h5-8,10-11,17,21H,3-4,9,12-13H2,1-2H3,(H,27,30). The van der Waals surface area contributed by atoms with E-state index < -0.39 is 22.8 Å². The van der Waals surface area contributed by atoms with Gasteiger partial charge in [-0.15, -0.1) is 0 Å². The maximum Gasteiger partial charge on any atom is 0.242 e. The predicted molar refractivity (Wildman–Crippen MR) is 125 cm³/mol. The summed E-state index contributed by atoms with van der Waals surface area (Å²) in [5, 5.41) is 2.25. The minimum Gasteiger partial charge on any atom is -0.376 e. The van der Waals surface area contributed by atoms with Gasteiger partial charge in [-0.2, -0.15) is 0 Å². The van der Waals surface area contributed by atoms with Gasteiger partial charge in [0.15, 0.2) is 5.17 Å². The number of benzene rings is 2. The Morgan fingerprint density at radius 2 is 2.06 bits per heavy atom. The maximum atomic E-state index is 13.9. The first kappa shape index (κ1) is 23.4. The van der Waals surface area contributed by atoms with Gasteiger partial charge in [0.2, 0.25) is 11.8 Å². The van der Waals surface area contributed by atoms with Crippen LogP contribution in [0, 0.1) is 25.5 Å². The van der Waals surface area contributed by atoms with Gasteiger partial charge in [0.25, 0.3) is 0 Å². The lowest BCUT2D eigenvalue weighted by atomic mass is 10.1. The molecule has 2 aliphatic heterocycles. The molecule has 2 saturated heterocycles. The Labute approximate surface area is 195 Å². The number of hydrogen-bond acceptors (Lipinski definition) is 5. The molecule has 2 heterocycles. The van der Waals surface area contributed by atoms with Crippen molar-refractivity contribution in [2.24, 2.45) is 4.99 Å². The Morgan fingerprint density at radius 1 is 1.24 bits per heavy atom. The number of amides is 2. The summed E-state index contributed by atoms with van der Waals surface area (Å²) in [6, 6.07) is 8.80. The second-order valence-corrected chi connectivity index (χ2v) is 9.42. The van der Waals surface area contributed by atoms with Gasteiger partial charge in [-0.1, -0.05) is 29.5 Å². The van der Waals surface area contributed by atoms with Gasteiger partial charge in [-0.25, -0.2) is 13.8 Å². The Hall–Kier alpha value is -2.78. The Morgan fingerprint density at radius 3 is 2.76 bits per heavy atom. The second-order valence-electron chi connectivity index (χ2n) is 8.25. The van der Waals surface area contributed by atoms with Crippen molar-refractivity contribution in [1.29, 1.82) is 0 Å². The van der Waals surface area contributed by atoms with Crippen LogP contribution in [0.15, 0.2) is 41.4 Å². The Kier molecular flexibility index (Phi) is 7.09. The molecule has 2 aromatic rings. The van der Waals surface area contributed by atoms with Crippen LogP contribution >= 0.6 is 11.8 Å².